The first kappa shape index (κ1) is 22.1. The van der Waals surface area contributed by atoms with Crippen LogP contribution in [0.4, 0.5) is 0 Å². The standard InChI is InChI=1S/C25H21ClO5/c1-2-29-22-14-8-20(9-15-22)25(28)31-23-12-5-18(6-13-23)7-16-24(27)30-17-19-3-10-21(26)11-4-19/h3-16H,2,17H2,1H3/b16-7+. The lowest BCUT2D eigenvalue weighted by Gasteiger charge is -2.06. The SMILES string of the molecule is CCOc1ccc(C(=O)Oc2ccc(/C=C/C(=O)OCc3ccc(Cl)cc3)cc2)cc1. The molecule has 0 heterocycles. The van der Waals surface area contributed by atoms with Crippen LogP contribution < -0.4 is 9.47 Å². The zero-order chi connectivity index (χ0) is 22.1. The van der Waals surface area contributed by atoms with Crippen molar-refractivity contribution in [1.29, 1.82) is 0 Å². The maximum atomic E-state index is 12.2. The van der Waals surface area contributed by atoms with E-state index >= 15 is 0 Å². The van der Waals surface area contributed by atoms with Gasteiger partial charge in [0.15, 0.2) is 0 Å². The number of rotatable bonds is 8. The second-order valence-electron chi connectivity index (χ2n) is 6.48. The van der Waals surface area contributed by atoms with Crippen LogP contribution in [0.5, 0.6) is 11.5 Å². The van der Waals surface area contributed by atoms with Gasteiger partial charge < -0.3 is 14.2 Å². The fourth-order valence-corrected chi connectivity index (χ4v) is 2.74. The highest BCUT2D eigenvalue weighted by molar-refractivity contribution is 6.30. The van der Waals surface area contributed by atoms with Gasteiger partial charge in [0.05, 0.1) is 12.2 Å². The molecule has 5 nitrogen and oxygen atoms in total. The number of benzene rings is 3. The van der Waals surface area contributed by atoms with E-state index in [1.165, 1.54) is 6.08 Å². The van der Waals surface area contributed by atoms with E-state index < -0.39 is 11.9 Å². The highest BCUT2D eigenvalue weighted by atomic mass is 35.5. The van der Waals surface area contributed by atoms with E-state index in [4.69, 9.17) is 25.8 Å². The van der Waals surface area contributed by atoms with Gasteiger partial charge in [-0.2, -0.15) is 0 Å². The van der Waals surface area contributed by atoms with Crippen molar-refractivity contribution in [1.82, 2.24) is 0 Å². The Kier molecular flexibility index (Phi) is 7.85. The van der Waals surface area contributed by atoms with Crippen LogP contribution in [0.3, 0.4) is 0 Å². The monoisotopic (exact) mass is 436 g/mol. The summed E-state index contributed by atoms with van der Waals surface area (Å²) in [6.45, 7) is 2.62. The van der Waals surface area contributed by atoms with Gasteiger partial charge >= 0.3 is 11.9 Å². The van der Waals surface area contributed by atoms with Crippen molar-refractivity contribution in [3.8, 4) is 11.5 Å². The summed E-state index contributed by atoms with van der Waals surface area (Å²) in [5, 5.41) is 0.628. The molecule has 0 fully saturated rings. The molecule has 0 amide bonds. The quantitative estimate of drug-likeness (QED) is 0.257. The zero-order valence-corrected chi connectivity index (χ0v) is 17.7. The van der Waals surface area contributed by atoms with E-state index in [0.717, 1.165) is 11.1 Å². The Labute approximate surface area is 185 Å². The Bertz CT molecular complexity index is 1040. The van der Waals surface area contributed by atoms with Crippen LogP contribution in [0.15, 0.2) is 78.9 Å². The van der Waals surface area contributed by atoms with E-state index in [1.807, 2.05) is 6.92 Å². The first-order chi connectivity index (χ1) is 15.0. The smallest absolute Gasteiger partial charge is 0.343 e. The van der Waals surface area contributed by atoms with Crippen LogP contribution in [0.1, 0.15) is 28.4 Å². The van der Waals surface area contributed by atoms with Crippen molar-refractivity contribution < 1.29 is 23.8 Å². The van der Waals surface area contributed by atoms with Gasteiger partial charge in [0.1, 0.15) is 18.1 Å². The summed E-state index contributed by atoms with van der Waals surface area (Å²) in [5.41, 5.74) is 2.05. The number of halogens is 1. The largest absolute Gasteiger partial charge is 0.494 e. The molecule has 0 spiro atoms. The number of ether oxygens (including phenoxy) is 3. The van der Waals surface area contributed by atoms with Crippen LogP contribution >= 0.6 is 11.6 Å². The predicted octanol–water partition coefficient (Wildman–Crippen LogP) is 5.71. The molecular formula is C25H21ClO5. The normalized spacial score (nSPS) is 10.6. The molecule has 0 N–H and O–H groups in total. The van der Waals surface area contributed by atoms with Crippen molar-refractivity contribution in [3.63, 3.8) is 0 Å². The molecule has 0 saturated carbocycles. The summed E-state index contributed by atoms with van der Waals surface area (Å²) in [7, 11) is 0. The van der Waals surface area contributed by atoms with Gasteiger partial charge in [-0.1, -0.05) is 35.9 Å². The van der Waals surface area contributed by atoms with Gasteiger partial charge in [-0.05, 0) is 72.7 Å². The van der Waals surface area contributed by atoms with Crippen molar-refractivity contribution in [2.75, 3.05) is 6.61 Å². The van der Waals surface area contributed by atoms with Crippen LogP contribution in [-0.2, 0) is 16.1 Å². The number of carbonyl (C=O) groups is 2. The molecule has 6 heteroatoms. The van der Waals surface area contributed by atoms with Crippen molar-refractivity contribution >= 4 is 29.6 Å². The van der Waals surface area contributed by atoms with Crippen LogP contribution in [0, 0.1) is 0 Å². The fourth-order valence-electron chi connectivity index (χ4n) is 2.61. The molecule has 0 aromatic heterocycles. The fraction of sp³-hybridized carbons (Fsp3) is 0.120. The summed E-state index contributed by atoms with van der Waals surface area (Å²) in [5.74, 6) is 0.182. The van der Waals surface area contributed by atoms with Gasteiger partial charge in [0, 0.05) is 11.1 Å². The molecule has 3 rings (SSSR count). The molecule has 0 bridgehead atoms. The second-order valence-corrected chi connectivity index (χ2v) is 6.92. The topological polar surface area (TPSA) is 61.8 Å². The molecule has 0 aliphatic heterocycles. The minimum absolute atomic E-state index is 0.167. The Hall–Kier alpha value is -3.57. The molecule has 0 aliphatic rings. The van der Waals surface area contributed by atoms with E-state index in [0.29, 0.717) is 28.7 Å². The number of carbonyl (C=O) groups excluding carboxylic acids is 2. The van der Waals surface area contributed by atoms with Gasteiger partial charge in [-0.3, -0.25) is 0 Å². The van der Waals surface area contributed by atoms with E-state index in [2.05, 4.69) is 0 Å². The summed E-state index contributed by atoms with van der Waals surface area (Å²) >= 11 is 5.83. The van der Waals surface area contributed by atoms with E-state index in [9.17, 15) is 9.59 Å². The van der Waals surface area contributed by atoms with Crippen LogP contribution in [-0.4, -0.2) is 18.5 Å². The third-order valence-corrected chi connectivity index (χ3v) is 4.45. The first-order valence-corrected chi connectivity index (χ1v) is 10.1. The maximum Gasteiger partial charge on any atom is 0.343 e. The Balaban J connectivity index is 1.50. The summed E-state index contributed by atoms with van der Waals surface area (Å²) in [6.07, 6.45) is 2.97. The lowest BCUT2D eigenvalue weighted by atomic mass is 10.2. The van der Waals surface area contributed by atoms with Crippen molar-refractivity contribution in [2.45, 2.75) is 13.5 Å². The molecule has 0 unspecified atom stereocenters. The molecule has 3 aromatic rings. The molecular weight excluding hydrogens is 416 g/mol. The predicted molar refractivity (Wildman–Crippen MR) is 119 cm³/mol. The summed E-state index contributed by atoms with van der Waals surface area (Å²) < 4.78 is 15.9. The second kappa shape index (κ2) is 11.0. The number of hydrogen-bond acceptors (Lipinski definition) is 5. The van der Waals surface area contributed by atoms with Crippen molar-refractivity contribution in [2.24, 2.45) is 0 Å². The maximum absolute atomic E-state index is 12.2. The molecule has 31 heavy (non-hydrogen) atoms. The van der Waals surface area contributed by atoms with Crippen LogP contribution in [0.2, 0.25) is 5.02 Å². The third kappa shape index (κ3) is 7.01. The van der Waals surface area contributed by atoms with E-state index in [-0.39, 0.29) is 6.61 Å². The molecule has 0 saturated heterocycles. The highest BCUT2D eigenvalue weighted by Crippen LogP contribution is 2.17. The molecule has 0 atom stereocenters. The van der Waals surface area contributed by atoms with Crippen molar-refractivity contribution in [3.05, 3.63) is 101 Å². The third-order valence-electron chi connectivity index (χ3n) is 4.20. The molecule has 3 aromatic carbocycles. The van der Waals surface area contributed by atoms with Gasteiger partial charge in [0.25, 0.3) is 0 Å². The Morgan fingerprint density at radius 2 is 1.52 bits per heavy atom. The molecule has 158 valence electrons. The molecule has 0 radical (unpaired) electrons. The van der Waals surface area contributed by atoms with Gasteiger partial charge in [0.2, 0.25) is 0 Å². The summed E-state index contributed by atoms with van der Waals surface area (Å²) in [6, 6.07) is 20.6. The minimum atomic E-state index is -0.461. The van der Waals surface area contributed by atoms with Gasteiger partial charge in [-0.15, -0.1) is 0 Å². The minimum Gasteiger partial charge on any atom is -0.494 e. The Morgan fingerprint density at radius 3 is 2.16 bits per heavy atom. The molecule has 0 aliphatic carbocycles. The average molecular weight is 437 g/mol. The van der Waals surface area contributed by atoms with Crippen LogP contribution in [0.25, 0.3) is 6.08 Å². The highest BCUT2D eigenvalue weighted by Gasteiger charge is 2.09. The lowest BCUT2D eigenvalue weighted by molar-refractivity contribution is -0.138. The zero-order valence-electron chi connectivity index (χ0n) is 16.9. The van der Waals surface area contributed by atoms with E-state index in [1.54, 1.807) is 78.9 Å². The van der Waals surface area contributed by atoms with Gasteiger partial charge in [-0.25, -0.2) is 9.59 Å². The Morgan fingerprint density at radius 1 is 0.871 bits per heavy atom. The lowest BCUT2D eigenvalue weighted by Crippen LogP contribution is -2.08. The number of hydrogen-bond donors (Lipinski definition) is 0. The average Bonchev–Trinajstić information content (AvgIpc) is 2.79. The first-order valence-electron chi connectivity index (χ1n) is 9.68. The summed E-state index contributed by atoms with van der Waals surface area (Å²) in [4.78, 5) is 24.1. The number of esters is 2.